The van der Waals surface area contributed by atoms with Gasteiger partial charge < -0.3 is 5.32 Å². The maximum atomic E-state index is 12.5. The number of aryl methyl sites for hydroxylation is 1. The number of rotatable bonds is 5. The summed E-state index contributed by atoms with van der Waals surface area (Å²) < 4.78 is 27.6. The van der Waals surface area contributed by atoms with Gasteiger partial charge in [-0.1, -0.05) is 13.0 Å². The summed E-state index contributed by atoms with van der Waals surface area (Å²) in [5.74, 6) is 0. The van der Waals surface area contributed by atoms with Crippen molar-refractivity contribution in [1.82, 2.24) is 10.0 Å². The molecule has 1 unspecified atom stereocenters. The smallest absolute Gasteiger partial charge is 0.270 e. The molecule has 2 N–H and O–H groups in total. The molecule has 0 radical (unpaired) electrons. The summed E-state index contributed by atoms with van der Waals surface area (Å²) in [6.45, 7) is 3.28. The predicted octanol–water partition coefficient (Wildman–Crippen LogP) is 1.61. The second kappa shape index (κ2) is 7.87. The fourth-order valence-electron chi connectivity index (χ4n) is 2.43. The van der Waals surface area contributed by atoms with Gasteiger partial charge in [0, 0.05) is 24.7 Å². The van der Waals surface area contributed by atoms with Crippen LogP contribution in [0.4, 0.5) is 5.69 Å². The minimum Gasteiger partial charge on any atom is -0.315 e. The highest BCUT2D eigenvalue weighted by Gasteiger charge is 2.25. The van der Waals surface area contributed by atoms with Gasteiger partial charge in [-0.05, 0) is 31.4 Å². The number of hydrogen-bond donors (Lipinski definition) is 2. The third-order valence-electron chi connectivity index (χ3n) is 3.55. The molecule has 0 bridgehead atoms. The molecule has 1 fully saturated rings. The first kappa shape index (κ1) is 18.8. The van der Waals surface area contributed by atoms with Crippen LogP contribution in [0.3, 0.4) is 0 Å². The van der Waals surface area contributed by atoms with Crippen LogP contribution in [0.5, 0.6) is 0 Å². The number of piperidine rings is 1. The van der Waals surface area contributed by atoms with Crippen LogP contribution in [0.1, 0.15) is 25.3 Å². The van der Waals surface area contributed by atoms with E-state index in [9.17, 15) is 18.5 Å². The largest absolute Gasteiger partial charge is 0.315 e. The van der Waals surface area contributed by atoms with Crippen molar-refractivity contribution in [3.63, 3.8) is 0 Å². The van der Waals surface area contributed by atoms with Crippen molar-refractivity contribution >= 4 is 28.1 Å². The Morgan fingerprint density at radius 3 is 2.73 bits per heavy atom. The fourth-order valence-corrected chi connectivity index (χ4v) is 4.03. The molecular formula is C13H20ClN3O4S. The number of sulfonamides is 1. The molecule has 7 nitrogen and oxygen atoms in total. The number of nitrogens with zero attached hydrogens (tertiary/aromatic N) is 1. The Morgan fingerprint density at radius 2 is 2.18 bits per heavy atom. The van der Waals surface area contributed by atoms with E-state index in [0.29, 0.717) is 18.5 Å². The monoisotopic (exact) mass is 349 g/mol. The van der Waals surface area contributed by atoms with Crippen molar-refractivity contribution in [3.8, 4) is 0 Å². The minimum absolute atomic E-state index is 0. The molecule has 1 aliphatic rings. The van der Waals surface area contributed by atoms with E-state index in [0.717, 1.165) is 25.5 Å². The molecule has 1 aliphatic heterocycles. The first-order valence-corrected chi connectivity index (χ1v) is 8.42. The number of hydrogen-bond acceptors (Lipinski definition) is 5. The summed E-state index contributed by atoms with van der Waals surface area (Å²) in [4.78, 5) is 10.3. The molecule has 9 heteroatoms. The Balaban J connectivity index is 0.00000242. The average molecular weight is 350 g/mol. The standard InChI is InChI=1S/C13H19N3O4S.ClH/c1-2-10-5-6-12(16(17)18)8-13(10)21(19,20)15-11-4-3-7-14-9-11;/h5-6,8,11,14-15H,2-4,7,9H2,1H3;1H. The summed E-state index contributed by atoms with van der Waals surface area (Å²) in [5.41, 5.74) is 0.367. The zero-order valence-corrected chi connectivity index (χ0v) is 13.9. The molecule has 1 saturated heterocycles. The average Bonchev–Trinajstić information content (AvgIpc) is 2.47. The van der Waals surface area contributed by atoms with E-state index in [1.807, 2.05) is 6.92 Å². The Labute approximate surface area is 136 Å². The van der Waals surface area contributed by atoms with E-state index >= 15 is 0 Å². The van der Waals surface area contributed by atoms with Crippen molar-refractivity contribution in [2.24, 2.45) is 0 Å². The van der Waals surface area contributed by atoms with E-state index in [1.54, 1.807) is 0 Å². The molecule has 1 aromatic carbocycles. The van der Waals surface area contributed by atoms with Crippen molar-refractivity contribution in [1.29, 1.82) is 0 Å². The second-order valence-corrected chi connectivity index (χ2v) is 6.75. The molecule has 0 aromatic heterocycles. The lowest BCUT2D eigenvalue weighted by atomic mass is 10.1. The molecule has 0 aliphatic carbocycles. The SMILES string of the molecule is CCc1ccc([N+](=O)[O-])cc1S(=O)(=O)NC1CCCNC1.Cl. The van der Waals surface area contributed by atoms with Crippen molar-refractivity contribution < 1.29 is 13.3 Å². The normalized spacial score (nSPS) is 18.5. The van der Waals surface area contributed by atoms with Gasteiger partial charge in [-0.2, -0.15) is 0 Å². The molecule has 0 spiro atoms. The first-order valence-electron chi connectivity index (χ1n) is 6.94. The fraction of sp³-hybridized carbons (Fsp3) is 0.538. The highest BCUT2D eigenvalue weighted by molar-refractivity contribution is 7.89. The van der Waals surface area contributed by atoms with Gasteiger partial charge in [0.15, 0.2) is 0 Å². The number of non-ortho nitro benzene ring substituents is 1. The maximum Gasteiger partial charge on any atom is 0.270 e. The first-order chi connectivity index (χ1) is 9.94. The van der Waals surface area contributed by atoms with Crippen LogP contribution in [0, 0.1) is 10.1 Å². The predicted molar refractivity (Wildman–Crippen MR) is 85.9 cm³/mol. The minimum atomic E-state index is -3.75. The highest BCUT2D eigenvalue weighted by Crippen LogP contribution is 2.23. The topological polar surface area (TPSA) is 101 Å². The third-order valence-corrected chi connectivity index (χ3v) is 5.15. The second-order valence-electron chi connectivity index (χ2n) is 5.07. The number of benzene rings is 1. The Kier molecular flexibility index (Phi) is 6.73. The summed E-state index contributed by atoms with van der Waals surface area (Å²) in [7, 11) is -3.75. The van der Waals surface area contributed by atoms with Gasteiger partial charge in [-0.3, -0.25) is 10.1 Å². The van der Waals surface area contributed by atoms with E-state index in [2.05, 4.69) is 10.0 Å². The Morgan fingerprint density at radius 1 is 1.45 bits per heavy atom. The maximum absolute atomic E-state index is 12.5. The van der Waals surface area contributed by atoms with Crippen LogP contribution < -0.4 is 10.0 Å². The summed E-state index contributed by atoms with van der Waals surface area (Å²) in [6.07, 6.45) is 2.17. The molecule has 124 valence electrons. The van der Waals surface area contributed by atoms with Crippen LogP contribution in [0.25, 0.3) is 0 Å². The summed E-state index contributed by atoms with van der Waals surface area (Å²) in [6, 6.07) is 3.80. The van der Waals surface area contributed by atoms with E-state index in [1.165, 1.54) is 12.1 Å². The lowest BCUT2D eigenvalue weighted by Gasteiger charge is -2.24. The molecule has 1 heterocycles. The van der Waals surface area contributed by atoms with Gasteiger partial charge in [0.1, 0.15) is 0 Å². The van der Waals surface area contributed by atoms with Gasteiger partial charge in [0.25, 0.3) is 5.69 Å². The van der Waals surface area contributed by atoms with Crippen molar-refractivity contribution in [2.75, 3.05) is 13.1 Å². The van der Waals surface area contributed by atoms with Crippen LogP contribution in [0.2, 0.25) is 0 Å². The number of halogens is 1. The molecule has 0 saturated carbocycles. The van der Waals surface area contributed by atoms with Crippen LogP contribution in [-0.4, -0.2) is 32.5 Å². The Bertz CT molecular complexity index is 630. The van der Waals surface area contributed by atoms with Gasteiger partial charge in [0.05, 0.1) is 9.82 Å². The number of nitrogens with one attached hydrogen (secondary N) is 2. The molecule has 1 aromatic rings. The number of nitro groups is 1. The van der Waals surface area contributed by atoms with E-state index < -0.39 is 14.9 Å². The van der Waals surface area contributed by atoms with Crippen LogP contribution in [-0.2, 0) is 16.4 Å². The molecular weight excluding hydrogens is 330 g/mol. The quantitative estimate of drug-likeness (QED) is 0.621. The van der Waals surface area contributed by atoms with Gasteiger partial charge >= 0.3 is 0 Å². The van der Waals surface area contributed by atoms with Crippen LogP contribution in [0.15, 0.2) is 23.1 Å². The van der Waals surface area contributed by atoms with E-state index in [4.69, 9.17) is 0 Å². The summed E-state index contributed by atoms with van der Waals surface area (Å²) in [5, 5.41) is 14.0. The molecule has 22 heavy (non-hydrogen) atoms. The Hall–Kier alpha value is -1.22. The molecule has 2 rings (SSSR count). The zero-order valence-electron chi connectivity index (χ0n) is 12.2. The summed E-state index contributed by atoms with van der Waals surface area (Å²) >= 11 is 0. The van der Waals surface area contributed by atoms with Crippen LogP contribution >= 0.6 is 12.4 Å². The zero-order chi connectivity index (χ0) is 15.5. The van der Waals surface area contributed by atoms with Crippen molar-refractivity contribution in [2.45, 2.75) is 37.1 Å². The lowest BCUT2D eigenvalue weighted by Crippen LogP contribution is -2.45. The lowest BCUT2D eigenvalue weighted by molar-refractivity contribution is -0.385. The van der Waals surface area contributed by atoms with Gasteiger partial charge in [-0.25, -0.2) is 13.1 Å². The number of nitro benzene ring substituents is 1. The third kappa shape index (κ3) is 4.39. The van der Waals surface area contributed by atoms with Gasteiger partial charge in [-0.15, -0.1) is 12.4 Å². The molecule has 1 atom stereocenters. The van der Waals surface area contributed by atoms with Crippen molar-refractivity contribution in [3.05, 3.63) is 33.9 Å². The van der Waals surface area contributed by atoms with E-state index in [-0.39, 0.29) is 29.0 Å². The van der Waals surface area contributed by atoms with Gasteiger partial charge in [0.2, 0.25) is 10.0 Å². The highest BCUT2D eigenvalue weighted by atomic mass is 35.5. The molecule has 0 amide bonds.